The van der Waals surface area contributed by atoms with Gasteiger partial charge in [0.2, 0.25) is 5.91 Å². The molecule has 2 aliphatic heterocycles. The second-order valence-corrected chi connectivity index (χ2v) is 5.25. The quantitative estimate of drug-likeness (QED) is 0.629. The van der Waals surface area contributed by atoms with E-state index in [-0.39, 0.29) is 10.7 Å². The van der Waals surface area contributed by atoms with Crippen molar-refractivity contribution >= 4 is 22.8 Å². The molecular weight excluding hydrogens is 198 g/mol. The minimum atomic E-state index is -0.221. The molecule has 2 heterocycles. The number of carbonyl (C=O) groups excluding carboxylic acids is 1. The first kappa shape index (κ1) is 9.98. The van der Waals surface area contributed by atoms with Crippen LogP contribution in [-0.4, -0.2) is 47.9 Å². The molecule has 2 rings (SSSR count). The third-order valence-corrected chi connectivity index (χ3v) is 4.39. The standard InChI is InChI=1S/C9H15N3OS/c1-10-8-11-7(13)9(14-8)3-5-12(2)6-4-9/h3-6H2,1-2H3,(H,10,11,13). The zero-order chi connectivity index (χ0) is 10.2. The SMILES string of the molecule is CN=C1NC(=O)C2(CCN(C)CC2)S1. The van der Waals surface area contributed by atoms with Crippen LogP contribution in [0.5, 0.6) is 0 Å². The molecule has 14 heavy (non-hydrogen) atoms. The van der Waals surface area contributed by atoms with E-state index in [1.807, 2.05) is 0 Å². The molecule has 2 fully saturated rings. The van der Waals surface area contributed by atoms with Gasteiger partial charge in [0.05, 0.1) is 0 Å². The second-order valence-electron chi connectivity index (χ2n) is 3.88. The fourth-order valence-corrected chi connectivity index (χ4v) is 3.01. The molecule has 5 heteroatoms. The van der Waals surface area contributed by atoms with Gasteiger partial charge in [-0.15, -0.1) is 0 Å². The average Bonchev–Trinajstić information content (AvgIpc) is 2.49. The van der Waals surface area contributed by atoms with Gasteiger partial charge in [0, 0.05) is 7.05 Å². The summed E-state index contributed by atoms with van der Waals surface area (Å²) in [4.78, 5) is 18.1. The summed E-state index contributed by atoms with van der Waals surface area (Å²) in [5.41, 5.74) is 0. The molecular formula is C9H15N3OS. The molecule has 1 amide bonds. The van der Waals surface area contributed by atoms with Crippen LogP contribution in [0.3, 0.4) is 0 Å². The third kappa shape index (κ3) is 1.54. The van der Waals surface area contributed by atoms with Crippen molar-refractivity contribution in [1.29, 1.82) is 0 Å². The summed E-state index contributed by atoms with van der Waals surface area (Å²) < 4.78 is -0.221. The maximum Gasteiger partial charge on any atom is 0.242 e. The fourth-order valence-electron chi connectivity index (χ4n) is 1.88. The lowest BCUT2D eigenvalue weighted by Gasteiger charge is -2.33. The van der Waals surface area contributed by atoms with Crippen molar-refractivity contribution in [3.63, 3.8) is 0 Å². The molecule has 0 aromatic carbocycles. The Morgan fingerprint density at radius 1 is 1.50 bits per heavy atom. The van der Waals surface area contributed by atoms with Crippen LogP contribution in [0.2, 0.25) is 0 Å². The molecule has 0 bridgehead atoms. The predicted molar refractivity (Wildman–Crippen MR) is 58.6 cm³/mol. The lowest BCUT2D eigenvalue weighted by molar-refractivity contribution is -0.122. The number of thioether (sulfide) groups is 1. The predicted octanol–water partition coefficient (Wildman–Crippen LogP) is 0.300. The van der Waals surface area contributed by atoms with Crippen LogP contribution < -0.4 is 5.32 Å². The van der Waals surface area contributed by atoms with Gasteiger partial charge >= 0.3 is 0 Å². The van der Waals surface area contributed by atoms with E-state index in [0.717, 1.165) is 31.1 Å². The van der Waals surface area contributed by atoms with Crippen molar-refractivity contribution in [2.45, 2.75) is 17.6 Å². The molecule has 78 valence electrons. The van der Waals surface area contributed by atoms with Crippen LogP contribution in [-0.2, 0) is 4.79 Å². The third-order valence-electron chi connectivity index (χ3n) is 2.92. The van der Waals surface area contributed by atoms with E-state index in [2.05, 4.69) is 22.3 Å². The molecule has 2 saturated heterocycles. The fraction of sp³-hybridized carbons (Fsp3) is 0.778. The van der Waals surface area contributed by atoms with E-state index in [1.165, 1.54) is 0 Å². The van der Waals surface area contributed by atoms with Crippen molar-refractivity contribution in [3.05, 3.63) is 0 Å². The Labute approximate surface area is 88.1 Å². The topological polar surface area (TPSA) is 44.7 Å². The highest BCUT2D eigenvalue weighted by molar-refractivity contribution is 8.16. The lowest BCUT2D eigenvalue weighted by Crippen LogP contribution is -2.46. The molecule has 1 spiro atoms. The number of amides is 1. The maximum absolute atomic E-state index is 11.8. The summed E-state index contributed by atoms with van der Waals surface area (Å²) >= 11 is 1.61. The minimum absolute atomic E-state index is 0.149. The van der Waals surface area contributed by atoms with Gasteiger partial charge in [0.15, 0.2) is 5.17 Å². The van der Waals surface area contributed by atoms with Gasteiger partial charge in [-0.25, -0.2) is 0 Å². The number of carbonyl (C=O) groups is 1. The molecule has 1 N–H and O–H groups in total. The maximum atomic E-state index is 11.8. The Hall–Kier alpha value is -0.550. The van der Waals surface area contributed by atoms with Crippen molar-refractivity contribution in [3.8, 4) is 0 Å². The normalized spacial score (nSPS) is 29.9. The molecule has 0 aliphatic carbocycles. The summed E-state index contributed by atoms with van der Waals surface area (Å²) in [5.74, 6) is 0.149. The van der Waals surface area contributed by atoms with Crippen LogP contribution in [0.25, 0.3) is 0 Å². The zero-order valence-corrected chi connectivity index (χ0v) is 9.36. The van der Waals surface area contributed by atoms with Gasteiger partial charge in [-0.05, 0) is 33.0 Å². The first-order valence-electron chi connectivity index (χ1n) is 4.82. The number of aliphatic imine (C=N–C) groups is 1. The van der Waals surface area contributed by atoms with Gasteiger partial charge in [0.25, 0.3) is 0 Å². The summed E-state index contributed by atoms with van der Waals surface area (Å²) in [5, 5.41) is 3.61. The van der Waals surface area contributed by atoms with Crippen LogP contribution in [0.4, 0.5) is 0 Å². The van der Waals surface area contributed by atoms with Crippen molar-refractivity contribution < 1.29 is 4.79 Å². The summed E-state index contributed by atoms with van der Waals surface area (Å²) in [7, 11) is 3.82. The van der Waals surface area contributed by atoms with E-state index in [9.17, 15) is 4.79 Å². The van der Waals surface area contributed by atoms with Gasteiger partial charge in [-0.1, -0.05) is 11.8 Å². The first-order valence-corrected chi connectivity index (χ1v) is 5.64. The molecule has 0 aromatic heterocycles. The highest BCUT2D eigenvalue weighted by atomic mass is 32.2. The molecule has 0 atom stereocenters. The number of hydrogen-bond donors (Lipinski definition) is 1. The molecule has 2 aliphatic rings. The second kappa shape index (κ2) is 3.55. The smallest absolute Gasteiger partial charge is 0.242 e. The van der Waals surface area contributed by atoms with Crippen LogP contribution >= 0.6 is 11.8 Å². The number of nitrogens with one attached hydrogen (secondary N) is 1. The summed E-state index contributed by atoms with van der Waals surface area (Å²) in [6, 6.07) is 0. The van der Waals surface area contributed by atoms with E-state index in [1.54, 1.807) is 18.8 Å². The monoisotopic (exact) mass is 213 g/mol. The Morgan fingerprint density at radius 3 is 2.64 bits per heavy atom. The van der Waals surface area contributed by atoms with E-state index in [0.29, 0.717) is 0 Å². The minimum Gasteiger partial charge on any atom is -0.306 e. The van der Waals surface area contributed by atoms with E-state index >= 15 is 0 Å². The van der Waals surface area contributed by atoms with Gasteiger partial charge in [-0.3, -0.25) is 9.79 Å². The number of nitrogens with zero attached hydrogens (tertiary/aromatic N) is 2. The Balaban J connectivity index is 2.13. The lowest BCUT2D eigenvalue weighted by atomic mass is 9.95. The van der Waals surface area contributed by atoms with Crippen molar-refractivity contribution in [2.24, 2.45) is 4.99 Å². The number of hydrogen-bond acceptors (Lipinski definition) is 4. The van der Waals surface area contributed by atoms with Crippen LogP contribution in [0.1, 0.15) is 12.8 Å². The molecule has 0 radical (unpaired) electrons. The van der Waals surface area contributed by atoms with Crippen LogP contribution in [0.15, 0.2) is 4.99 Å². The largest absolute Gasteiger partial charge is 0.306 e. The number of rotatable bonds is 0. The first-order chi connectivity index (χ1) is 6.66. The summed E-state index contributed by atoms with van der Waals surface area (Å²) in [6.07, 6.45) is 1.86. The van der Waals surface area contributed by atoms with Gasteiger partial charge < -0.3 is 10.2 Å². The number of likely N-dealkylation sites (tertiary alicyclic amines) is 1. The highest BCUT2D eigenvalue weighted by Gasteiger charge is 2.47. The highest BCUT2D eigenvalue weighted by Crippen LogP contribution is 2.40. The molecule has 0 aromatic rings. The summed E-state index contributed by atoms with van der Waals surface area (Å²) in [6.45, 7) is 1.99. The average molecular weight is 213 g/mol. The zero-order valence-electron chi connectivity index (χ0n) is 8.54. The molecule has 0 saturated carbocycles. The Bertz CT molecular complexity index is 282. The van der Waals surface area contributed by atoms with Crippen LogP contribution in [0, 0.1) is 0 Å². The molecule has 4 nitrogen and oxygen atoms in total. The van der Waals surface area contributed by atoms with Gasteiger partial charge in [-0.2, -0.15) is 0 Å². The van der Waals surface area contributed by atoms with E-state index in [4.69, 9.17) is 0 Å². The van der Waals surface area contributed by atoms with Crippen molar-refractivity contribution in [1.82, 2.24) is 10.2 Å². The van der Waals surface area contributed by atoms with Gasteiger partial charge in [0.1, 0.15) is 4.75 Å². The number of amidine groups is 1. The Morgan fingerprint density at radius 2 is 2.14 bits per heavy atom. The van der Waals surface area contributed by atoms with Crippen molar-refractivity contribution in [2.75, 3.05) is 27.2 Å². The van der Waals surface area contributed by atoms with E-state index < -0.39 is 0 Å². The number of piperidine rings is 1. The Kier molecular flexibility index (Phi) is 2.53. The molecule has 0 unspecified atom stereocenters.